The highest BCUT2D eigenvalue weighted by atomic mass is 16.5. The van der Waals surface area contributed by atoms with Crippen molar-refractivity contribution in [2.45, 2.75) is 19.6 Å². The molecule has 0 aliphatic rings. The molecular formula is C23H21N3O2. The van der Waals surface area contributed by atoms with Crippen molar-refractivity contribution in [1.29, 1.82) is 0 Å². The van der Waals surface area contributed by atoms with Crippen LogP contribution in [0.4, 0.5) is 0 Å². The number of hydrogen-bond acceptors (Lipinski definition) is 3. The summed E-state index contributed by atoms with van der Waals surface area (Å²) in [6.07, 6.45) is 4.80. The first kappa shape index (κ1) is 17.8. The number of hydrogen-bond donors (Lipinski definition) is 1. The maximum Gasteiger partial charge on any atom is 0.261 e. The molecule has 1 N–H and O–H groups in total. The third-order valence-electron chi connectivity index (χ3n) is 4.63. The van der Waals surface area contributed by atoms with Crippen molar-refractivity contribution in [3.05, 3.63) is 91.0 Å². The van der Waals surface area contributed by atoms with Crippen LogP contribution in [0.2, 0.25) is 0 Å². The number of imidazole rings is 1. The molecule has 140 valence electrons. The van der Waals surface area contributed by atoms with Gasteiger partial charge in [-0.1, -0.05) is 48.5 Å². The van der Waals surface area contributed by atoms with Gasteiger partial charge in [0.1, 0.15) is 5.75 Å². The second-order valence-corrected chi connectivity index (χ2v) is 6.59. The molecule has 5 nitrogen and oxygen atoms in total. The molecule has 0 spiro atoms. The fraction of sp³-hybridized carbons (Fsp3) is 0.130. The second-order valence-electron chi connectivity index (χ2n) is 6.59. The van der Waals surface area contributed by atoms with Gasteiger partial charge >= 0.3 is 0 Å². The molecule has 0 radical (unpaired) electrons. The molecule has 0 aliphatic heterocycles. The first-order valence-electron chi connectivity index (χ1n) is 9.20. The lowest BCUT2D eigenvalue weighted by Gasteiger charge is -2.16. The summed E-state index contributed by atoms with van der Waals surface area (Å²) < 4.78 is 7.86. The number of carbonyl (C=O) groups excluding carboxylic acids is 1. The lowest BCUT2D eigenvalue weighted by Crippen LogP contribution is -2.35. The highest BCUT2D eigenvalue weighted by Gasteiger charge is 2.15. The Labute approximate surface area is 163 Å². The Morgan fingerprint density at radius 1 is 1.07 bits per heavy atom. The van der Waals surface area contributed by atoms with Gasteiger partial charge in [-0.15, -0.1) is 0 Å². The molecule has 0 unspecified atom stereocenters. The largest absolute Gasteiger partial charge is 0.480 e. The van der Waals surface area contributed by atoms with E-state index in [4.69, 9.17) is 4.74 Å². The number of aromatic nitrogens is 2. The van der Waals surface area contributed by atoms with Gasteiger partial charge in [0.25, 0.3) is 5.91 Å². The van der Waals surface area contributed by atoms with Gasteiger partial charge < -0.3 is 14.6 Å². The highest BCUT2D eigenvalue weighted by molar-refractivity contribution is 5.89. The van der Waals surface area contributed by atoms with Crippen LogP contribution in [0.25, 0.3) is 16.5 Å². The van der Waals surface area contributed by atoms with Gasteiger partial charge in [0.2, 0.25) is 0 Å². The molecule has 0 aliphatic carbocycles. The van der Waals surface area contributed by atoms with E-state index in [1.165, 1.54) is 0 Å². The Balaban J connectivity index is 1.37. The van der Waals surface area contributed by atoms with Crippen LogP contribution in [-0.4, -0.2) is 21.6 Å². The molecule has 28 heavy (non-hydrogen) atoms. The van der Waals surface area contributed by atoms with Crippen LogP contribution >= 0.6 is 0 Å². The highest BCUT2D eigenvalue weighted by Crippen LogP contribution is 2.26. The van der Waals surface area contributed by atoms with E-state index in [2.05, 4.69) is 10.3 Å². The smallest absolute Gasteiger partial charge is 0.261 e. The lowest BCUT2D eigenvalue weighted by molar-refractivity contribution is -0.127. The van der Waals surface area contributed by atoms with Crippen molar-refractivity contribution < 1.29 is 9.53 Å². The zero-order valence-electron chi connectivity index (χ0n) is 15.6. The maximum absolute atomic E-state index is 12.5. The Kier molecular flexibility index (Phi) is 5.06. The summed E-state index contributed by atoms with van der Waals surface area (Å²) in [5.41, 5.74) is 2.05. The zero-order chi connectivity index (χ0) is 19.3. The van der Waals surface area contributed by atoms with E-state index in [9.17, 15) is 4.79 Å². The molecule has 4 aromatic rings. The van der Waals surface area contributed by atoms with Crippen LogP contribution in [0.3, 0.4) is 0 Å². The fourth-order valence-electron chi connectivity index (χ4n) is 3.07. The van der Waals surface area contributed by atoms with Gasteiger partial charge in [-0.05, 0) is 36.1 Å². The summed E-state index contributed by atoms with van der Waals surface area (Å²) in [6.45, 7) is 2.21. The molecule has 0 saturated heterocycles. The minimum atomic E-state index is -0.587. The molecule has 0 fully saturated rings. The Morgan fingerprint density at radius 3 is 2.64 bits per heavy atom. The molecule has 0 bridgehead atoms. The van der Waals surface area contributed by atoms with Crippen molar-refractivity contribution in [2.75, 3.05) is 0 Å². The van der Waals surface area contributed by atoms with Crippen LogP contribution in [-0.2, 0) is 11.3 Å². The molecule has 1 aromatic heterocycles. The number of nitrogens with one attached hydrogen (secondary N) is 1. The van der Waals surface area contributed by atoms with Gasteiger partial charge in [-0.3, -0.25) is 4.79 Å². The quantitative estimate of drug-likeness (QED) is 0.555. The number of fused-ring (bicyclic) bond motifs is 1. The van der Waals surface area contributed by atoms with E-state index in [1.54, 1.807) is 19.4 Å². The van der Waals surface area contributed by atoms with Crippen LogP contribution in [0, 0.1) is 0 Å². The standard InChI is InChI=1S/C23H21N3O2/c1-17(28-22-8-4-6-19-5-2-3-7-21(19)22)23(27)25-15-18-9-11-20(12-10-18)26-14-13-24-16-26/h2-14,16-17H,15H2,1H3,(H,25,27)/t17-/m0/s1. The van der Waals surface area contributed by atoms with Crippen molar-refractivity contribution >= 4 is 16.7 Å². The van der Waals surface area contributed by atoms with E-state index < -0.39 is 6.10 Å². The number of nitrogens with zero attached hydrogens (tertiary/aromatic N) is 2. The third-order valence-corrected chi connectivity index (χ3v) is 4.63. The van der Waals surface area contributed by atoms with Crippen molar-refractivity contribution in [1.82, 2.24) is 14.9 Å². The second kappa shape index (κ2) is 7.96. The maximum atomic E-state index is 12.5. The number of benzene rings is 3. The van der Waals surface area contributed by atoms with Gasteiger partial charge in [0.15, 0.2) is 6.10 Å². The topological polar surface area (TPSA) is 56.1 Å². The number of rotatable bonds is 6. The Morgan fingerprint density at radius 2 is 1.86 bits per heavy atom. The Hall–Kier alpha value is -3.60. The molecule has 1 heterocycles. The van der Waals surface area contributed by atoms with Gasteiger partial charge in [-0.2, -0.15) is 0 Å². The van der Waals surface area contributed by atoms with E-state index in [0.29, 0.717) is 12.3 Å². The summed E-state index contributed by atoms with van der Waals surface area (Å²) in [7, 11) is 0. The van der Waals surface area contributed by atoms with Crippen molar-refractivity contribution in [3.8, 4) is 11.4 Å². The van der Waals surface area contributed by atoms with Crippen molar-refractivity contribution in [2.24, 2.45) is 0 Å². The van der Waals surface area contributed by atoms with Gasteiger partial charge in [0.05, 0.1) is 6.33 Å². The number of ether oxygens (including phenoxy) is 1. The average Bonchev–Trinajstić information content (AvgIpc) is 3.27. The van der Waals surface area contributed by atoms with Gasteiger partial charge in [-0.25, -0.2) is 4.98 Å². The monoisotopic (exact) mass is 371 g/mol. The lowest BCUT2D eigenvalue weighted by atomic mass is 10.1. The van der Waals surface area contributed by atoms with Crippen LogP contribution in [0.5, 0.6) is 5.75 Å². The fourth-order valence-corrected chi connectivity index (χ4v) is 3.07. The minimum Gasteiger partial charge on any atom is -0.480 e. The normalized spacial score (nSPS) is 11.9. The summed E-state index contributed by atoms with van der Waals surface area (Å²) in [6, 6.07) is 21.8. The van der Waals surface area contributed by atoms with Gasteiger partial charge in [0, 0.05) is 30.0 Å². The predicted octanol–water partition coefficient (Wildman–Crippen LogP) is 4.11. The zero-order valence-corrected chi connectivity index (χ0v) is 15.6. The first-order valence-corrected chi connectivity index (χ1v) is 9.20. The van der Waals surface area contributed by atoms with Crippen LogP contribution < -0.4 is 10.1 Å². The molecule has 1 amide bonds. The van der Waals surface area contributed by atoms with Crippen LogP contribution in [0.15, 0.2) is 85.5 Å². The van der Waals surface area contributed by atoms with Crippen molar-refractivity contribution in [3.63, 3.8) is 0 Å². The summed E-state index contributed by atoms with van der Waals surface area (Å²) in [5.74, 6) is 0.567. The number of amides is 1. The number of carbonyl (C=O) groups is 1. The Bertz CT molecular complexity index is 1070. The molecule has 5 heteroatoms. The summed E-state index contributed by atoms with van der Waals surface area (Å²) >= 11 is 0. The van der Waals surface area contributed by atoms with Crippen LogP contribution in [0.1, 0.15) is 12.5 Å². The molecule has 0 saturated carbocycles. The molecule has 4 rings (SSSR count). The molecule has 3 aromatic carbocycles. The summed E-state index contributed by atoms with van der Waals surface area (Å²) in [4.78, 5) is 16.5. The first-order chi connectivity index (χ1) is 13.7. The summed E-state index contributed by atoms with van der Waals surface area (Å²) in [5, 5.41) is 5.03. The average molecular weight is 371 g/mol. The van der Waals surface area contributed by atoms with E-state index >= 15 is 0 Å². The molecular weight excluding hydrogens is 350 g/mol. The minimum absolute atomic E-state index is 0.147. The predicted molar refractivity (Wildman–Crippen MR) is 109 cm³/mol. The van der Waals surface area contributed by atoms with E-state index in [0.717, 1.165) is 22.0 Å². The third kappa shape index (κ3) is 3.88. The van der Waals surface area contributed by atoms with E-state index in [-0.39, 0.29) is 5.91 Å². The molecule has 1 atom stereocenters. The van der Waals surface area contributed by atoms with E-state index in [1.807, 2.05) is 77.5 Å². The SMILES string of the molecule is C[C@H](Oc1cccc2ccccc12)C(=O)NCc1ccc(-n2ccnc2)cc1.